The Labute approximate surface area is 131 Å². The molecule has 0 aliphatic heterocycles. The molecule has 112 valence electrons. The molecule has 0 fully saturated rings. The van der Waals surface area contributed by atoms with Gasteiger partial charge in [-0.15, -0.1) is 11.3 Å². The number of nitrogens with one attached hydrogen (secondary N) is 1. The second-order valence-corrected chi connectivity index (χ2v) is 7.47. The van der Waals surface area contributed by atoms with Crippen molar-refractivity contribution in [2.24, 2.45) is 16.6 Å². The number of rotatable bonds is 2. The number of aromatic nitrogens is 2. The van der Waals surface area contributed by atoms with Crippen molar-refractivity contribution >= 4 is 38.5 Å². The first-order chi connectivity index (χ1) is 10.1. The molecule has 1 aliphatic carbocycles. The largest absolute Gasteiger partial charge is 0.379 e. The minimum absolute atomic E-state index is 0.0188. The Morgan fingerprint density at radius 3 is 3.19 bits per heavy atom. The number of amidine groups is 1. The lowest BCUT2D eigenvalue weighted by atomic mass is 9.89. The minimum atomic E-state index is -0.0188. The maximum Gasteiger partial charge on any atom is 0.259 e. The molecule has 0 spiro atoms. The fourth-order valence-electron chi connectivity index (χ4n) is 2.67. The van der Waals surface area contributed by atoms with Crippen LogP contribution < -0.4 is 11.3 Å². The summed E-state index contributed by atoms with van der Waals surface area (Å²) < 4.78 is 0. The van der Waals surface area contributed by atoms with Gasteiger partial charge in [0.15, 0.2) is 5.17 Å². The Morgan fingerprint density at radius 2 is 2.43 bits per heavy atom. The average Bonchev–Trinajstić information content (AvgIpc) is 2.82. The van der Waals surface area contributed by atoms with Crippen LogP contribution in [0.5, 0.6) is 0 Å². The molecule has 0 radical (unpaired) electrons. The number of H-pyrrole nitrogens is 1. The third kappa shape index (κ3) is 2.85. The zero-order chi connectivity index (χ0) is 15.0. The molecule has 2 aromatic heterocycles. The maximum atomic E-state index is 12.4. The van der Waals surface area contributed by atoms with Crippen LogP contribution >= 0.6 is 23.1 Å². The third-order valence-electron chi connectivity index (χ3n) is 3.79. The van der Waals surface area contributed by atoms with Crippen LogP contribution in [-0.2, 0) is 18.6 Å². The van der Waals surface area contributed by atoms with E-state index in [1.54, 1.807) is 18.4 Å². The molecule has 2 aromatic rings. The highest BCUT2D eigenvalue weighted by atomic mass is 32.2. The monoisotopic (exact) mass is 322 g/mol. The topological polar surface area (TPSA) is 84.1 Å². The van der Waals surface area contributed by atoms with Gasteiger partial charge in [-0.3, -0.25) is 9.79 Å². The normalized spacial score (nSPS) is 19.0. The molecule has 3 N–H and O–H groups in total. The van der Waals surface area contributed by atoms with E-state index in [0.717, 1.165) is 29.5 Å². The summed E-state index contributed by atoms with van der Waals surface area (Å²) in [6.07, 6.45) is 3.21. The van der Waals surface area contributed by atoms with Crippen molar-refractivity contribution in [1.82, 2.24) is 9.97 Å². The van der Waals surface area contributed by atoms with E-state index in [-0.39, 0.29) is 5.56 Å². The number of hydrogen-bond acceptors (Lipinski definition) is 5. The van der Waals surface area contributed by atoms with Gasteiger partial charge in [0, 0.05) is 11.9 Å². The van der Waals surface area contributed by atoms with Crippen LogP contribution in [0, 0.1) is 5.92 Å². The highest BCUT2D eigenvalue weighted by molar-refractivity contribution is 8.13. The quantitative estimate of drug-likeness (QED) is 0.656. The van der Waals surface area contributed by atoms with Crippen LogP contribution in [0.3, 0.4) is 0 Å². The van der Waals surface area contributed by atoms with E-state index < -0.39 is 0 Å². The number of nitrogens with two attached hydrogens (primary N) is 1. The van der Waals surface area contributed by atoms with E-state index in [1.165, 1.54) is 22.2 Å². The van der Waals surface area contributed by atoms with Gasteiger partial charge in [0.2, 0.25) is 0 Å². The van der Waals surface area contributed by atoms with Gasteiger partial charge in [-0.25, -0.2) is 4.98 Å². The fraction of sp³-hybridized carbons (Fsp3) is 0.500. The lowest BCUT2D eigenvalue weighted by molar-refractivity contribution is 0.509. The number of hydrogen-bond donors (Lipinski definition) is 2. The first kappa shape index (κ1) is 14.6. The molecule has 0 saturated heterocycles. The Bertz CT molecular complexity index is 762. The number of aliphatic imine (C=N–C) groups is 1. The van der Waals surface area contributed by atoms with Gasteiger partial charge >= 0.3 is 0 Å². The van der Waals surface area contributed by atoms with Crippen LogP contribution in [0.4, 0.5) is 0 Å². The Balaban J connectivity index is 1.99. The predicted octanol–water partition coefficient (Wildman–Crippen LogP) is 2.29. The molecule has 1 unspecified atom stereocenters. The molecular weight excluding hydrogens is 304 g/mol. The van der Waals surface area contributed by atoms with E-state index in [1.807, 2.05) is 0 Å². The first-order valence-corrected chi connectivity index (χ1v) is 8.77. The summed E-state index contributed by atoms with van der Waals surface area (Å²) in [5, 5.41) is 1.30. The number of aromatic amines is 1. The second-order valence-electron chi connectivity index (χ2n) is 5.40. The molecule has 0 aromatic carbocycles. The Kier molecular flexibility index (Phi) is 4.03. The summed E-state index contributed by atoms with van der Waals surface area (Å²) in [4.78, 5) is 25.9. The molecule has 2 heterocycles. The fourth-order valence-corrected chi connectivity index (χ4v) is 4.62. The minimum Gasteiger partial charge on any atom is -0.379 e. The molecule has 1 aliphatic rings. The average molecular weight is 322 g/mol. The molecule has 1 atom stereocenters. The van der Waals surface area contributed by atoms with E-state index in [4.69, 9.17) is 5.73 Å². The molecule has 0 amide bonds. The predicted molar refractivity (Wildman–Crippen MR) is 90.3 cm³/mol. The highest BCUT2D eigenvalue weighted by Crippen LogP contribution is 2.35. The molecule has 3 rings (SSSR count). The number of fused-ring (bicyclic) bond motifs is 3. The lowest BCUT2D eigenvalue weighted by Gasteiger charge is -2.17. The van der Waals surface area contributed by atoms with Crippen molar-refractivity contribution in [3.63, 3.8) is 0 Å². The van der Waals surface area contributed by atoms with Crippen LogP contribution in [0.1, 0.15) is 29.6 Å². The van der Waals surface area contributed by atoms with Crippen LogP contribution in [-0.4, -0.2) is 22.2 Å². The van der Waals surface area contributed by atoms with Crippen molar-refractivity contribution in [1.29, 1.82) is 0 Å². The molecule has 21 heavy (non-hydrogen) atoms. The van der Waals surface area contributed by atoms with Crippen LogP contribution in [0.15, 0.2) is 9.79 Å². The summed E-state index contributed by atoms with van der Waals surface area (Å²) in [6, 6.07) is 0. The summed E-state index contributed by atoms with van der Waals surface area (Å²) in [6.45, 7) is 2.26. The standard InChI is InChI=1S/C14H18N4OS2/c1-7-3-4-8-9(5-7)21-13-11(8)12(19)17-10(18-13)6-20-14(15)16-2/h7H,3-6H2,1-2H3,(H2,15,16)(H,17,18,19). The van der Waals surface area contributed by atoms with E-state index >= 15 is 0 Å². The van der Waals surface area contributed by atoms with Gasteiger partial charge in [-0.2, -0.15) is 0 Å². The zero-order valence-electron chi connectivity index (χ0n) is 12.1. The van der Waals surface area contributed by atoms with Crippen molar-refractivity contribution in [2.45, 2.75) is 31.9 Å². The SMILES string of the molecule is CN=C(N)SCc1nc2sc3c(c2c(=O)[nH]1)CCC(C)C3. The van der Waals surface area contributed by atoms with Gasteiger partial charge in [-0.05, 0) is 30.7 Å². The summed E-state index contributed by atoms with van der Waals surface area (Å²) in [5.74, 6) is 1.89. The van der Waals surface area contributed by atoms with Crippen LogP contribution in [0.2, 0.25) is 0 Å². The molecule has 0 saturated carbocycles. The van der Waals surface area contributed by atoms with E-state index in [0.29, 0.717) is 22.7 Å². The number of aryl methyl sites for hydroxylation is 1. The molecule has 7 heteroatoms. The number of thiophene rings is 1. The smallest absolute Gasteiger partial charge is 0.259 e. The lowest BCUT2D eigenvalue weighted by Crippen LogP contribution is -2.15. The van der Waals surface area contributed by atoms with Crippen molar-refractivity contribution in [2.75, 3.05) is 7.05 Å². The Hall–Kier alpha value is -1.34. The van der Waals surface area contributed by atoms with E-state index in [2.05, 4.69) is 21.9 Å². The van der Waals surface area contributed by atoms with Gasteiger partial charge < -0.3 is 10.7 Å². The number of nitrogens with zero attached hydrogens (tertiary/aromatic N) is 2. The highest BCUT2D eigenvalue weighted by Gasteiger charge is 2.22. The summed E-state index contributed by atoms with van der Waals surface area (Å²) >= 11 is 3.05. The van der Waals surface area contributed by atoms with Crippen molar-refractivity contribution < 1.29 is 0 Å². The van der Waals surface area contributed by atoms with Gasteiger partial charge in [0.1, 0.15) is 10.7 Å². The maximum absolute atomic E-state index is 12.4. The summed E-state index contributed by atoms with van der Waals surface area (Å²) in [5.41, 5.74) is 6.86. The molecular formula is C14H18N4OS2. The second kappa shape index (κ2) is 5.81. The van der Waals surface area contributed by atoms with E-state index in [9.17, 15) is 4.79 Å². The Morgan fingerprint density at radius 1 is 1.62 bits per heavy atom. The van der Waals surface area contributed by atoms with Gasteiger partial charge in [0.25, 0.3) is 5.56 Å². The summed E-state index contributed by atoms with van der Waals surface area (Å²) in [7, 11) is 1.65. The van der Waals surface area contributed by atoms with Gasteiger partial charge in [0.05, 0.1) is 11.1 Å². The van der Waals surface area contributed by atoms with Crippen LogP contribution in [0.25, 0.3) is 10.2 Å². The number of thioether (sulfide) groups is 1. The van der Waals surface area contributed by atoms with Gasteiger partial charge in [-0.1, -0.05) is 18.7 Å². The zero-order valence-corrected chi connectivity index (χ0v) is 13.7. The van der Waals surface area contributed by atoms with Crippen molar-refractivity contribution in [3.05, 3.63) is 26.6 Å². The molecule has 0 bridgehead atoms. The third-order valence-corrected chi connectivity index (χ3v) is 5.84. The van der Waals surface area contributed by atoms with Crippen molar-refractivity contribution in [3.8, 4) is 0 Å². The first-order valence-electron chi connectivity index (χ1n) is 6.97. The molecule has 5 nitrogen and oxygen atoms in total.